The average molecular weight is 371 g/mol. The van der Waals surface area contributed by atoms with E-state index in [4.69, 9.17) is 5.10 Å². The summed E-state index contributed by atoms with van der Waals surface area (Å²) in [6.45, 7) is 7.17. The summed E-state index contributed by atoms with van der Waals surface area (Å²) < 4.78 is 15.1. The molecule has 2 aliphatic heterocycles. The Morgan fingerprint density at radius 1 is 1.22 bits per heavy atom. The van der Waals surface area contributed by atoms with E-state index in [1.54, 1.807) is 4.68 Å². The first-order valence-corrected chi connectivity index (χ1v) is 9.37. The second-order valence-corrected chi connectivity index (χ2v) is 8.56. The molecule has 2 aromatic rings. The lowest BCUT2D eigenvalue weighted by Gasteiger charge is -2.33. The van der Waals surface area contributed by atoms with Crippen molar-refractivity contribution in [3.05, 3.63) is 46.9 Å². The number of hydrazine groups is 1. The third-order valence-corrected chi connectivity index (χ3v) is 5.60. The summed E-state index contributed by atoms with van der Waals surface area (Å²) in [5, 5.41) is 7.75. The number of aryl methyl sites for hydroxylation is 1. The van der Waals surface area contributed by atoms with Gasteiger partial charge in [-0.2, -0.15) is 5.10 Å². The predicted octanol–water partition coefficient (Wildman–Crippen LogP) is 2.75. The Morgan fingerprint density at radius 2 is 1.93 bits per heavy atom. The van der Waals surface area contributed by atoms with Gasteiger partial charge < -0.3 is 5.32 Å². The first-order valence-electron chi connectivity index (χ1n) is 9.37. The van der Waals surface area contributed by atoms with Gasteiger partial charge in [-0.05, 0) is 17.7 Å². The largest absolute Gasteiger partial charge is 0.311 e. The minimum absolute atomic E-state index is 0.00220. The van der Waals surface area contributed by atoms with Gasteiger partial charge in [-0.1, -0.05) is 32.9 Å². The molecule has 1 amide bonds. The maximum absolute atomic E-state index is 13.4. The van der Waals surface area contributed by atoms with Crippen molar-refractivity contribution >= 4 is 11.7 Å². The van der Waals surface area contributed by atoms with Crippen molar-refractivity contribution in [1.29, 1.82) is 0 Å². The summed E-state index contributed by atoms with van der Waals surface area (Å²) in [4.78, 5) is 12.4. The molecule has 27 heavy (non-hydrogen) atoms. The fourth-order valence-corrected chi connectivity index (χ4v) is 4.33. The Kier molecular flexibility index (Phi) is 4.31. The molecule has 6 nitrogen and oxygen atoms in total. The number of rotatable bonds is 2. The lowest BCUT2D eigenvalue weighted by Crippen LogP contribution is -2.32. The highest BCUT2D eigenvalue weighted by Gasteiger charge is 2.43. The molecule has 3 heterocycles. The Bertz CT molecular complexity index is 868. The number of carbonyl (C=O) groups excluding carboxylic acids is 1. The molecule has 4 rings (SSSR count). The summed E-state index contributed by atoms with van der Waals surface area (Å²) in [7, 11) is 1.87. The normalized spacial score (nSPS) is 25.4. The molecular formula is C20H26FN5O. The van der Waals surface area contributed by atoms with E-state index in [9.17, 15) is 9.18 Å². The second kappa shape index (κ2) is 6.42. The topological polar surface area (TPSA) is 71.0 Å². The van der Waals surface area contributed by atoms with E-state index in [0.717, 1.165) is 29.2 Å². The predicted molar refractivity (Wildman–Crippen MR) is 102 cm³/mol. The van der Waals surface area contributed by atoms with Crippen molar-refractivity contribution in [2.24, 2.45) is 13.0 Å². The Labute approximate surface area is 158 Å². The van der Waals surface area contributed by atoms with Gasteiger partial charge in [0.1, 0.15) is 11.6 Å². The van der Waals surface area contributed by atoms with Gasteiger partial charge in [-0.15, -0.1) is 0 Å². The number of benzene rings is 1. The van der Waals surface area contributed by atoms with Crippen LogP contribution in [0.3, 0.4) is 0 Å². The van der Waals surface area contributed by atoms with Crippen molar-refractivity contribution in [3.8, 4) is 0 Å². The molecule has 3 unspecified atom stereocenters. The fraction of sp³-hybridized carbons (Fsp3) is 0.500. The van der Waals surface area contributed by atoms with Crippen LogP contribution < -0.4 is 16.2 Å². The van der Waals surface area contributed by atoms with Gasteiger partial charge in [-0.3, -0.25) is 14.9 Å². The number of fused-ring (bicyclic) bond motifs is 1. The molecular weight excluding hydrogens is 345 g/mol. The molecule has 0 saturated carbocycles. The van der Waals surface area contributed by atoms with Gasteiger partial charge in [0.05, 0.1) is 11.7 Å². The third-order valence-electron chi connectivity index (χ3n) is 5.60. The molecule has 0 radical (unpaired) electrons. The zero-order valence-electron chi connectivity index (χ0n) is 16.1. The summed E-state index contributed by atoms with van der Waals surface area (Å²) in [5.41, 5.74) is 9.60. The number of anilines is 1. The Balaban J connectivity index is 1.78. The lowest BCUT2D eigenvalue weighted by atomic mass is 9.73. The zero-order valence-corrected chi connectivity index (χ0v) is 16.1. The molecule has 144 valence electrons. The highest BCUT2D eigenvalue weighted by Crippen LogP contribution is 2.46. The van der Waals surface area contributed by atoms with E-state index >= 15 is 0 Å². The number of hydrogen-bond acceptors (Lipinski definition) is 4. The van der Waals surface area contributed by atoms with Crippen molar-refractivity contribution in [2.45, 2.75) is 44.6 Å². The molecule has 1 fully saturated rings. The summed E-state index contributed by atoms with van der Waals surface area (Å²) in [6, 6.07) is 6.59. The van der Waals surface area contributed by atoms with Gasteiger partial charge in [0.25, 0.3) is 0 Å². The molecule has 0 bridgehead atoms. The van der Waals surface area contributed by atoms with Crippen LogP contribution in [-0.2, 0) is 17.3 Å². The smallest absolute Gasteiger partial charge is 0.226 e. The number of nitrogens with one attached hydrogen (secondary N) is 3. The summed E-state index contributed by atoms with van der Waals surface area (Å²) >= 11 is 0. The quantitative estimate of drug-likeness (QED) is 0.759. The highest BCUT2D eigenvalue weighted by molar-refractivity contribution is 5.94. The molecule has 0 spiro atoms. The van der Waals surface area contributed by atoms with Gasteiger partial charge in [0.2, 0.25) is 5.91 Å². The molecule has 2 aliphatic rings. The maximum Gasteiger partial charge on any atom is 0.226 e. The zero-order chi connectivity index (χ0) is 19.3. The van der Waals surface area contributed by atoms with Crippen LogP contribution >= 0.6 is 0 Å². The monoisotopic (exact) mass is 371 g/mol. The number of carbonyl (C=O) groups is 1. The number of aromatic nitrogens is 2. The molecule has 0 aliphatic carbocycles. The molecule has 7 heteroatoms. The fourth-order valence-electron chi connectivity index (χ4n) is 4.33. The van der Waals surface area contributed by atoms with Crippen molar-refractivity contribution in [1.82, 2.24) is 20.6 Å². The van der Waals surface area contributed by atoms with Gasteiger partial charge >= 0.3 is 0 Å². The van der Waals surface area contributed by atoms with Crippen LogP contribution in [0.25, 0.3) is 0 Å². The number of amides is 1. The van der Waals surface area contributed by atoms with Crippen LogP contribution in [0.15, 0.2) is 24.3 Å². The van der Waals surface area contributed by atoms with Crippen LogP contribution in [0, 0.1) is 11.7 Å². The minimum atomic E-state index is -0.247. The standard InChI is InChI=1S/C20H26FN5O/c1-20(2,3)18-16-13(9-15(27)23-19(16)26(4)25-18)14-10-22-24-17(14)11-5-7-12(21)8-6-11/h5-8,13-14,17,22,24H,9-10H2,1-4H3,(H,23,27). The molecule has 1 saturated heterocycles. The third kappa shape index (κ3) is 3.15. The van der Waals surface area contributed by atoms with Gasteiger partial charge in [0.15, 0.2) is 0 Å². The molecule has 3 N–H and O–H groups in total. The summed E-state index contributed by atoms with van der Waals surface area (Å²) in [6.07, 6.45) is 0.424. The van der Waals surface area contributed by atoms with E-state index in [1.807, 2.05) is 19.2 Å². The Hall–Kier alpha value is -2.25. The first-order chi connectivity index (χ1) is 12.8. The van der Waals surface area contributed by atoms with Crippen molar-refractivity contribution < 1.29 is 9.18 Å². The van der Waals surface area contributed by atoms with E-state index in [0.29, 0.717) is 6.42 Å². The van der Waals surface area contributed by atoms with Crippen LogP contribution in [0.4, 0.5) is 10.2 Å². The molecule has 1 aromatic carbocycles. The van der Waals surface area contributed by atoms with E-state index in [2.05, 4.69) is 36.9 Å². The van der Waals surface area contributed by atoms with E-state index in [-0.39, 0.29) is 35.0 Å². The van der Waals surface area contributed by atoms with Crippen molar-refractivity contribution in [2.75, 3.05) is 11.9 Å². The van der Waals surface area contributed by atoms with Crippen LogP contribution in [0.2, 0.25) is 0 Å². The summed E-state index contributed by atoms with van der Waals surface area (Å²) in [5.74, 6) is 0.759. The van der Waals surface area contributed by atoms with Crippen LogP contribution in [0.1, 0.15) is 56.0 Å². The van der Waals surface area contributed by atoms with E-state index < -0.39 is 0 Å². The SMILES string of the molecule is Cn1nc(C(C)(C)C)c2c1NC(=O)CC2C1CNNC1c1ccc(F)cc1. The minimum Gasteiger partial charge on any atom is -0.311 e. The highest BCUT2D eigenvalue weighted by atomic mass is 19.1. The van der Waals surface area contributed by atoms with Crippen LogP contribution in [0.5, 0.6) is 0 Å². The number of hydrogen-bond donors (Lipinski definition) is 3. The lowest BCUT2D eigenvalue weighted by molar-refractivity contribution is -0.117. The van der Waals surface area contributed by atoms with E-state index in [1.165, 1.54) is 12.1 Å². The van der Waals surface area contributed by atoms with Gasteiger partial charge in [0, 0.05) is 42.8 Å². The number of nitrogens with zero attached hydrogens (tertiary/aromatic N) is 2. The number of halogens is 1. The van der Waals surface area contributed by atoms with Gasteiger partial charge in [-0.25, -0.2) is 9.82 Å². The second-order valence-electron chi connectivity index (χ2n) is 8.56. The van der Waals surface area contributed by atoms with Crippen LogP contribution in [-0.4, -0.2) is 22.2 Å². The van der Waals surface area contributed by atoms with Crippen molar-refractivity contribution in [3.63, 3.8) is 0 Å². The molecule has 1 aromatic heterocycles. The average Bonchev–Trinajstić information content (AvgIpc) is 3.20. The first kappa shape index (κ1) is 18.1. The maximum atomic E-state index is 13.4. The molecule has 3 atom stereocenters. The Morgan fingerprint density at radius 3 is 2.59 bits per heavy atom.